The van der Waals surface area contributed by atoms with E-state index in [1.807, 2.05) is 13.0 Å². The number of ether oxygens (including phenoxy) is 1. The van der Waals surface area contributed by atoms with Crippen molar-refractivity contribution in [2.75, 3.05) is 11.9 Å². The third-order valence-electron chi connectivity index (χ3n) is 1.93. The van der Waals surface area contributed by atoms with Crippen molar-refractivity contribution in [1.29, 1.82) is 0 Å². The highest BCUT2D eigenvalue weighted by molar-refractivity contribution is 5.51. The Morgan fingerprint density at radius 2 is 2.07 bits per heavy atom. The van der Waals surface area contributed by atoms with Crippen LogP contribution in [0.2, 0.25) is 0 Å². The Balaban J connectivity index is 2.78. The molecular formula is C12H19NO. The highest BCUT2D eigenvalue weighted by Crippen LogP contribution is 2.22. The normalized spacial score (nSPS) is 10.4. The van der Waals surface area contributed by atoms with Gasteiger partial charge in [-0.2, -0.15) is 0 Å². The van der Waals surface area contributed by atoms with Crippen LogP contribution in [0.5, 0.6) is 5.75 Å². The van der Waals surface area contributed by atoms with Crippen molar-refractivity contribution in [2.24, 2.45) is 0 Å². The van der Waals surface area contributed by atoms with Crippen molar-refractivity contribution in [3.8, 4) is 5.75 Å². The summed E-state index contributed by atoms with van der Waals surface area (Å²) in [5.74, 6) is 0.974. The van der Waals surface area contributed by atoms with Gasteiger partial charge in [0.1, 0.15) is 5.75 Å². The number of hydrogen-bond donors (Lipinski definition) is 1. The molecule has 0 fully saturated rings. The smallest absolute Gasteiger partial charge is 0.122 e. The zero-order valence-corrected chi connectivity index (χ0v) is 9.42. The topological polar surface area (TPSA) is 21.3 Å². The molecule has 0 amide bonds. The monoisotopic (exact) mass is 193 g/mol. The van der Waals surface area contributed by atoms with Crippen LogP contribution in [0, 0.1) is 6.92 Å². The summed E-state index contributed by atoms with van der Waals surface area (Å²) in [5.41, 5.74) is 2.33. The van der Waals surface area contributed by atoms with E-state index in [2.05, 4.69) is 38.2 Å². The second kappa shape index (κ2) is 4.89. The second-order valence-corrected chi connectivity index (χ2v) is 3.71. The van der Waals surface area contributed by atoms with E-state index in [9.17, 15) is 0 Å². The summed E-state index contributed by atoms with van der Waals surface area (Å²) < 4.78 is 5.47. The zero-order valence-electron chi connectivity index (χ0n) is 9.42. The first kappa shape index (κ1) is 10.9. The molecule has 0 saturated carbocycles. The lowest BCUT2D eigenvalue weighted by molar-refractivity contribution is 0.338. The second-order valence-electron chi connectivity index (χ2n) is 3.71. The molecule has 2 heteroatoms. The van der Waals surface area contributed by atoms with Crippen LogP contribution in [0.15, 0.2) is 18.2 Å². The van der Waals surface area contributed by atoms with Gasteiger partial charge in [-0.05, 0) is 51.5 Å². The lowest BCUT2D eigenvalue weighted by Crippen LogP contribution is -2.09. The Morgan fingerprint density at radius 1 is 1.36 bits per heavy atom. The molecule has 1 aromatic carbocycles. The minimum Gasteiger partial charge on any atom is -0.494 e. The molecule has 0 bridgehead atoms. The standard InChI is InChI=1S/C12H19NO/c1-5-14-12-7-6-11(8-10(12)4)13-9(2)3/h6-9,13H,5H2,1-4H3. The number of hydrogen-bond acceptors (Lipinski definition) is 2. The maximum atomic E-state index is 5.47. The molecule has 0 saturated heterocycles. The first-order valence-electron chi connectivity index (χ1n) is 5.13. The van der Waals surface area contributed by atoms with Crippen molar-refractivity contribution in [2.45, 2.75) is 33.7 Å². The van der Waals surface area contributed by atoms with Crippen LogP contribution in [0.25, 0.3) is 0 Å². The van der Waals surface area contributed by atoms with Crippen LogP contribution in [0.1, 0.15) is 26.3 Å². The van der Waals surface area contributed by atoms with Crippen molar-refractivity contribution in [3.05, 3.63) is 23.8 Å². The quantitative estimate of drug-likeness (QED) is 0.792. The average Bonchev–Trinajstić information content (AvgIpc) is 2.09. The minimum absolute atomic E-state index is 0.465. The molecule has 0 aliphatic carbocycles. The molecule has 0 aliphatic rings. The molecule has 1 N–H and O–H groups in total. The molecule has 1 aromatic rings. The van der Waals surface area contributed by atoms with E-state index < -0.39 is 0 Å². The van der Waals surface area contributed by atoms with E-state index in [-0.39, 0.29) is 0 Å². The predicted molar refractivity (Wildman–Crippen MR) is 61.1 cm³/mol. The molecule has 14 heavy (non-hydrogen) atoms. The molecule has 0 aromatic heterocycles. The summed E-state index contributed by atoms with van der Waals surface area (Å²) in [6.07, 6.45) is 0. The Labute approximate surface area is 86.3 Å². The predicted octanol–water partition coefficient (Wildman–Crippen LogP) is 3.21. The first-order valence-corrected chi connectivity index (χ1v) is 5.13. The van der Waals surface area contributed by atoms with Gasteiger partial charge in [-0.15, -0.1) is 0 Å². The van der Waals surface area contributed by atoms with Crippen molar-refractivity contribution in [3.63, 3.8) is 0 Å². The van der Waals surface area contributed by atoms with Gasteiger partial charge in [0.2, 0.25) is 0 Å². The van der Waals surface area contributed by atoms with E-state index in [0.29, 0.717) is 6.04 Å². The van der Waals surface area contributed by atoms with Crippen molar-refractivity contribution >= 4 is 5.69 Å². The zero-order chi connectivity index (χ0) is 10.6. The van der Waals surface area contributed by atoms with Gasteiger partial charge < -0.3 is 10.1 Å². The van der Waals surface area contributed by atoms with Gasteiger partial charge in [0.25, 0.3) is 0 Å². The van der Waals surface area contributed by atoms with Gasteiger partial charge in [-0.25, -0.2) is 0 Å². The fourth-order valence-corrected chi connectivity index (χ4v) is 1.39. The van der Waals surface area contributed by atoms with Crippen molar-refractivity contribution in [1.82, 2.24) is 0 Å². The summed E-state index contributed by atoms with van der Waals surface area (Å²) in [6, 6.07) is 6.65. The molecule has 78 valence electrons. The molecule has 0 unspecified atom stereocenters. The number of aryl methyl sites for hydroxylation is 1. The minimum atomic E-state index is 0.465. The Hall–Kier alpha value is -1.18. The summed E-state index contributed by atoms with van der Waals surface area (Å²) in [4.78, 5) is 0. The molecule has 1 rings (SSSR count). The maximum Gasteiger partial charge on any atom is 0.122 e. The molecule has 0 atom stereocenters. The van der Waals surface area contributed by atoms with E-state index in [4.69, 9.17) is 4.74 Å². The van der Waals surface area contributed by atoms with Gasteiger partial charge in [-0.3, -0.25) is 0 Å². The molecule has 2 nitrogen and oxygen atoms in total. The molecule has 0 heterocycles. The highest BCUT2D eigenvalue weighted by Gasteiger charge is 2.00. The van der Waals surface area contributed by atoms with Crippen LogP contribution in [0.4, 0.5) is 5.69 Å². The molecule has 0 radical (unpaired) electrons. The van der Waals surface area contributed by atoms with Gasteiger partial charge in [-0.1, -0.05) is 0 Å². The van der Waals surface area contributed by atoms with E-state index >= 15 is 0 Å². The fourth-order valence-electron chi connectivity index (χ4n) is 1.39. The molecular weight excluding hydrogens is 174 g/mol. The van der Waals surface area contributed by atoms with Gasteiger partial charge in [0.05, 0.1) is 6.61 Å². The van der Waals surface area contributed by atoms with Crippen LogP contribution >= 0.6 is 0 Å². The van der Waals surface area contributed by atoms with Crippen molar-refractivity contribution < 1.29 is 4.74 Å². The van der Waals surface area contributed by atoms with E-state index in [1.165, 1.54) is 5.56 Å². The van der Waals surface area contributed by atoms with Crippen LogP contribution in [-0.2, 0) is 0 Å². The number of rotatable bonds is 4. The van der Waals surface area contributed by atoms with Gasteiger partial charge >= 0.3 is 0 Å². The Morgan fingerprint density at radius 3 is 2.57 bits per heavy atom. The Kier molecular flexibility index (Phi) is 3.81. The summed E-state index contributed by atoms with van der Waals surface area (Å²) in [5, 5.41) is 3.36. The van der Waals surface area contributed by atoms with Gasteiger partial charge in [0, 0.05) is 11.7 Å². The number of benzene rings is 1. The third-order valence-corrected chi connectivity index (χ3v) is 1.93. The highest BCUT2D eigenvalue weighted by atomic mass is 16.5. The summed E-state index contributed by atoms with van der Waals surface area (Å²) in [6.45, 7) is 9.05. The lowest BCUT2D eigenvalue weighted by Gasteiger charge is -2.12. The molecule has 0 aliphatic heterocycles. The van der Waals surface area contributed by atoms with Crippen LogP contribution in [-0.4, -0.2) is 12.6 Å². The lowest BCUT2D eigenvalue weighted by atomic mass is 10.2. The van der Waals surface area contributed by atoms with Crippen LogP contribution < -0.4 is 10.1 Å². The van der Waals surface area contributed by atoms with E-state index in [0.717, 1.165) is 18.0 Å². The van der Waals surface area contributed by atoms with E-state index in [1.54, 1.807) is 0 Å². The fraction of sp³-hybridized carbons (Fsp3) is 0.500. The number of anilines is 1. The third kappa shape index (κ3) is 2.95. The molecule has 0 spiro atoms. The first-order chi connectivity index (χ1) is 6.63. The average molecular weight is 193 g/mol. The van der Waals surface area contributed by atoms with Gasteiger partial charge in [0.15, 0.2) is 0 Å². The van der Waals surface area contributed by atoms with Crippen LogP contribution in [0.3, 0.4) is 0 Å². The SMILES string of the molecule is CCOc1ccc(NC(C)C)cc1C. The Bertz CT molecular complexity index is 294. The maximum absolute atomic E-state index is 5.47. The largest absolute Gasteiger partial charge is 0.494 e. The summed E-state index contributed by atoms with van der Waals surface area (Å²) in [7, 11) is 0. The number of nitrogens with one attached hydrogen (secondary N) is 1. The summed E-state index contributed by atoms with van der Waals surface area (Å²) >= 11 is 0.